The summed E-state index contributed by atoms with van der Waals surface area (Å²) < 4.78 is 0. The van der Waals surface area contributed by atoms with Crippen LogP contribution in [0.1, 0.15) is 69.6 Å². The van der Waals surface area contributed by atoms with Gasteiger partial charge in [0.15, 0.2) is 20.6 Å². The highest BCUT2D eigenvalue weighted by Gasteiger charge is 2.25. The number of carbonyl (C=O) groups excluding carboxylic acids is 2. The number of hydrogen-bond donors (Lipinski definition) is 3. The summed E-state index contributed by atoms with van der Waals surface area (Å²) in [5.74, 6) is 3.52. The smallest absolute Gasteiger partial charge is 0.222 e. The lowest BCUT2D eigenvalue weighted by atomic mass is 10.1. The van der Waals surface area contributed by atoms with Crippen molar-refractivity contribution < 1.29 is 9.59 Å². The predicted octanol–water partition coefficient (Wildman–Crippen LogP) is 6.74. The van der Waals surface area contributed by atoms with E-state index in [0.717, 1.165) is 132 Å². The van der Waals surface area contributed by atoms with Crippen LogP contribution >= 0.6 is 57.8 Å². The van der Waals surface area contributed by atoms with Gasteiger partial charge in [0, 0.05) is 101 Å². The van der Waals surface area contributed by atoms with Gasteiger partial charge in [-0.15, -0.1) is 0 Å². The lowest BCUT2D eigenvalue weighted by Crippen LogP contribution is -2.44. The van der Waals surface area contributed by atoms with Gasteiger partial charge in [-0.3, -0.25) is 9.59 Å². The zero-order valence-electron chi connectivity index (χ0n) is 37.3. The first-order valence-corrected chi connectivity index (χ1v) is 25.7. The molecular formula is C43H61ClN16O2S4. The lowest BCUT2D eigenvalue weighted by Gasteiger charge is -2.34. The van der Waals surface area contributed by atoms with Gasteiger partial charge in [-0.25, -0.2) is 29.9 Å². The number of anilines is 6. The van der Waals surface area contributed by atoms with Gasteiger partial charge >= 0.3 is 0 Å². The highest BCUT2D eigenvalue weighted by molar-refractivity contribution is 8.00. The molecule has 4 saturated heterocycles. The van der Waals surface area contributed by atoms with Crippen molar-refractivity contribution in [3.63, 3.8) is 0 Å². The third-order valence-electron chi connectivity index (χ3n) is 10.9. The molecule has 4 aromatic heterocycles. The van der Waals surface area contributed by atoms with E-state index in [9.17, 15) is 9.59 Å². The van der Waals surface area contributed by atoms with Crippen molar-refractivity contribution in [2.24, 2.45) is 0 Å². The molecule has 356 valence electrons. The average Bonchev–Trinajstić information content (AvgIpc) is 3.99. The van der Waals surface area contributed by atoms with E-state index >= 15 is 0 Å². The van der Waals surface area contributed by atoms with Crippen molar-refractivity contribution in [3.05, 3.63) is 34.3 Å². The zero-order valence-corrected chi connectivity index (χ0v) is 41.4. The molecule has 1 amide bonds. The second-order valence-electron chi connectivity index (χ2n) is 15.7. The molecule has 8 heterocycles. The maximum Gasteiger partial charge on any atom is 0.222 e. The van der Waals surface area contributed by atoms with Gasteiger partial charge in [0.25, 0.3) is 0 Å². The summed E-state index contributed by atoms with van der Waals surface area (Å²) in [6, 6.07) is 8.20. The van der Waals surface area contributed by atoms with Crippen LogP contribution in [0, 0.1) is 22.7 Å². The molecule has 66 heavy (non-hydrogen) atoms. The molecule has 3 N–H and O–H groups in total. The minimum Gasteiger partial charge on any atom is -0.354 e. The maximum atomic E-state index is 12.0. The number of rotatable bonds is 12. The Kier molecular flexibility index (Phi) is 21.4. The molecule has 4 aromatic rings. The minimum absolute atomic E-state index is 0. The molecule has 0 spiro atoms. The standard InChI is InChI=1S/C21H28N8OS2.C18H24N8S2.C3H5ClO.CH4/c1-3-19(30)29-6-4-15(5-7-29)31-21-25-17(24-20-23-14-16(13-22)32-20)12-18(26-21)28-10-8-27(2)9-11-28;1-25-6-8-26(9-7-25)16-10-15(22-17-21-12-14(11-19)28-17)23-18(24-16)27-13-2-4-20-5-3-13;1-2-3(4)5;/h12,14-15H,3-11H2,1-2H3,(H,23,24,25,26);10,12-13,20H,2-9H2,1H3,(H,21,22,23,24);2H2,1H3;1H4. The fourth-order valence-corrected chi connectivity index (χ4v) is 10.4. The van der Waals surface area contributed by atoms with E-state index in [4.69, 9.17) is 42.1 Å². The minimum atomic E-state index is -0.273. The van der Waals surface area contributed by atoms with Crippen LogP contribution in [0.5, 0.6) is 0 Å². The number of nitrogens with zero attached hydrogens (tertiary/aromatic N) is 13. The van der Waals surface area contributed by atoms with Crippen molar-refractivity contribution in [2.45, 2.75) is 80.6 Å². The average molecular weight is 998 g/mol. The Bertz CT molecular complexity index is 2240. The number of halogens is 1. The van der Waals surface area contributed by atoms with Crippen molar-refractivity contribution in [1.82, 2.24) is 49.9 Å². The van der Waals surface area contributed by atoms with E-state index in [1.54, 1.807) is 42.8 Å². The SMILES string of the molecule is C.CCC(=O)Cl.CCC(=O)N1CCC(Sc2nc(Nc3ncc(C#N)s3)cc(N3CCN(C)CC3)n2)CC1.CN1CCN(c2cc(Nc3ncc(C#N)s3)nc(SC3CCNCC3)n2)CC1. The van der Waals surface area contributed by atoms with E-state index < -0.39 is 0 Å². The first kappa shape index (κ1) is 52.6. The maximum absolute atomic E-state index is 12.0. The van der Waals surface area contributed by atoms with Gasteiger partial charge in [-0.2, -0.15) is 10.5 Å². The number of likely N-dealkylation sites (tertiary alicyclic amines) is 1. The van der Waals surface area contributed by atoms with Gasteiger partial charge in [-0.1, -0.05) is 67.5 Å². The van der Waals surface area contributed by atoms with E-state index in [-0.39, 0.29) is 18.6 Å². The summed E-state index contributed by atoms with van der Waals surface area (Å²) in [7, 11) is 4.29. The summed E-state index contributed by atoms with van der Waals surface area (Å²) in [4.78, 5) is 61.7. The van der Waals surface area contributed by atoms with Gasteiger partial charge in [0.05, 0.1) is 12.4 Å². The van der Waals surface area contributed by atoms with Crippen LogP contribution in [-0.4, -0.2) is 159 Å². The molecule has 0 radical (unpaired) electrons. The highest BCUT2D eigenvalue weighted by atomic mass is 35.5. The predicted molar refractivity (Wildman–Crippen MR) is 269 cm³/mol. The Balaban J connectivity index is 0.000000223. The van der Waals surface area contributed by atoms with Gasteiger partial charge in [0.1, 0.15) is 45.2 Å². The number of hydrogen-bond acceptors (Lipinski definition) is 21. The third kappa shape index (κ3) is 16.4. The fraction of sp³-hybridized carbons (Fsp3) is 0.581. The number of thiazole rings is 2. The monoisotopic (exact) mass is 996 g/mol. The molecule has 8 rings (SSSR count). The molecule has 0 aliphatic carbocycles. The molecule has 23 heteroatoms. The second kappa shape index (κ2) is 26.8. The normalized spacial score (nSPS) is 17.2. The molecule has 0 atom stereocenters. The summed E-state index contributed by atoms with van der Waals surface area (Å²) in [5, 5.41) is 31.6. The summed E-state index contributed by atoms with van der Waals surface area (Å²) in [5.41, 5.74) is 0. The molecule has 0 aromatic carbocycles. The van der Waals surface area contributed by atoms with Crippen LogP contribution in [0.4, 0.5) is 33.5 Å². The van der Waals surface area contributed by atoms with E-state index in [0.29, 0.717) is 49.2 Å². The molecular weight excluding hydrogens is 936 g/mol. The number of thioether (sulfide) groups is 2. The number of piperazine rings is 2. The molecule has 0 bridgehead atoms. The number of amides is 1. The van der Waals surface area contributed by atoms with E-state index in [2.05, 4.69) is 71.8 Å². The number of nitriles is 2. The van der Waals surface area contributed by atoms with Crippen LogP contribution < -0.4 is 25.8 Å². The Morgan fingerprint density at radius 2 is 1.14 bits per heavy atom. The summed E-state index contributed by atoms with van der Waals surface area (Å²) in [6.45, 7) is 15.1. The van der Waals surface area contributed by atoms with Crippen molar-refractivity contribution in [2.75, 3.05) is 113 Å². The van der Waals surface area contributed by atoms with Crippen LogP contribution in [0.2, 0.25) is 0 Å². The number of carbonyl (C=O) groups is 2. The third-order valence-corrected chi connectivity index (χ3v) is 15.2. The van der Waals surface area contributed by atoms with Crippen LogP contribution in [0.15, 0.2) is 34.8 Å². The Morgan fingerprint density at radius 1 is 0.712 bits per heavy atom. The first-order chi connectivity index (χ1) is 31.5. The largest absolute Gasteiger partial charge is 0.354 e. The van der Waals surface area contributed by atoms with Crippen LogP contribution in [0.25, 0.3) is 0 Å². The topological polar surface area (TPSA) is 211 Å². The van der Waals surface area contributed by atoms with Crippen molar-refractivity contribution in [3.8, 4) is 12.1 Å². The Labute approximate surface area is 410 Å². The molecule has 0 unspecified atom stereocenters. The van der Waals surface area contributed by atoms with E-state index in [1.807, 2.05) is 24.0 Å². The Hall–Kier alpha value is -4.39. The van der Waals surface area contributed by atoms with Gasteiger partial charge in [0.2, 0.25) is 11.1 Å². The van der Waals surface area contributed by atoms with Crippen LogP contribution in [0.3, 0.4) is 0 Å². The van der Waals surface area contributed by atoms with Gasteiger partial charge < -0.3 is 40.4 Å². The molecule has 4 fully saturated rings. The second-order valence-corrected chi connectivity index (χ2v) is 20.7. The number of likely N-dealkylation sites (N-methyl/N-ethyl adjacent to an activating group) is 2. The van der Waals surface area contributed by atoms with Gasteiger partial charge in [-0.05, 0) is 64.5 Å². The lowest BCUT2D eigenvalue weighted by molar-refractivity contribution is -0.131. The summed E-state index contributed by atoms with van der Waals surface area (Å²) >= 11 is 10.9. The van der Waals surface area contributed by atoms with Crippen LogP contribution in [-0.2, 0) is 9.59 Å². The summed E-state index contributed by atoms with van der Waals surface area (Å²) in [6.07, 6.45) is 8.30. The molecule has 4 aliphatic rings. The fourth-order valence-electron chi connectivity index (χ4n) is 7.10. The highest BCUT2D eigenvalue weighted by Crippen LogP contribution is 2.33. The molecule has 18 nitrogen and oxygen atoms in total. The molecule has 4 aliphatic heterocycles. The quantitative estimate of drug-likeness (QED) is 0.0991. The number of nitrogens with one attached hydrogen (secondary N) is 3. The number of aromatic nitrogens is 6. The van der Waals surface area contributed by atoms with Crippen molar-refractivity contribution >= 4 is 102 Å². The molecule has 0 saturated carbocycles. The Morgan fingerprint density at radius 3 is 1.52 bits per heavy atom. The van der Waals surface area contributed by atoms with Crippen molar-refractivity contribution in [1.29, 1.82) is 10.5 Å². The zero-order chi connectivity index (χ0) is 46.1. The van der Waals surface area contributed by atoms with E-state index in [1.165, 1.54) is 22.7 Å². The first-order valence-electron chi connectivity index (χ1n) is 21.9. The number of piperidine rings is 2.